The van der Waals surface area contributed by atoms with Crippen molar-refractivity contribution in [3.8, 4) is 11.5 Å². The van der Waals surface area contributed by atoms with Crippen molar-refractivity contribution in [2.75, 3.05) is 38.6 Å². The average Bonchev–Trinajstić information content (AvgIpc) is 3.10. The van der Waals surface area contributed by atoms with Gasteiger partial charge in [-0.1, -0.05) is 31.9 Å². The van der Waals surface area contributed by atoms with E-state index in [-0.39, 0.29) is 33.3 Å². The van der Waals surface area contributed by atoms with Crippen LogP contribution >= 0.6 is 11.6 Å². The van der Waals surface area contributed by atoms with Gasteiger partial charge in [0, 0.05) is 30.8 Å². The number of benzene rings is 2. The van der Waals surface area contributed by atoms with Crippen LogP contribution in [0.1, 0.15) is 43.5 Å². The highest BCUT2D eigenvalue weighted by atomic mass is 35.5. The molecule has 1 amide bonds. The van der Waals surface area contributed by atoms with Gasteiger partial charge in [-0.3, -0.25) is 9.52 Å². The molecule has 0 saturated carbocycles. The van der Waals surface area contributed by atoms with Gasteiger partial charge < -0.3 is 19.7 Å². The lowest BCUT2D eigenvalue weighted by Crippen LogP contribution is -2.47. The molecule has 1 aliphatic rings. The molecule has 2 N–H and O–H groups in total. The molecule has 2 aromatic rings. The van der Waals surface area contributed by atoms with E-state index in [2.05, 4.69) is 23.9 Å². The van der Waals surface area contributed by atoms with E-state index >= 15 is 0 Å². The minimum atomic E-state index is -4.00. The second kappa shape index (κ2) is 12.0. The lowest BCUT2D eigenvalue weighted by Gasteiger charge is -2.34. The molecular formula is C25H34ClN3O5S. The zero-order valence-corrected chi connectivity index (χ0v) is 22.2. The van der Waals surface area contributed by atoms with Crippen molar-refractivity contribution >= 4 is 33.2 Å². The molecule has 2 aromatic carbocycles. The molecule has 0 aliphatic carbocycles. The van der Waals surface area contributed by atoms with Crippen molar-refractivity contribution in [2.45, 2.75) is 44.0 Å². The Morgan fingerprint density at radius 1 is 1.20 bits per heavy atom. The van der Waals surface area contributed by atoms with Gasteiger partial charge in [-0.15, -0.1) is 0 Å². The number of hydrogen-bond donors (Lipinski definition) is 2. The summed E-state index contributed by atoms with van der Waals surface area (Å²) in [6.07, 6.45) is 2.92. The van der Waals surface area contributed by atoms with E-state index in [1.54, 1.807) is 12.1 Å². The number of carbonyl (C=O) groups excluding carboxylic acids is 1. The Bertz CT molecular complexity index is 1140. The molecule has 0 bridgehead atoms. The van der Waals surface area contributed by atoms with Crippen molar-refractivity contribution in [3.05, 3.63) is 47.0 Å². The number of rotatable bonds is 9. The number of methoxy groups -OCH3 is 2. The summed E-state index contributed by atoms with van der Waals surface area (Å²) in [6, 6.07) is 9.04. The first-order valence-corrected chi connectivity index (χ1v) is 13.6. The van der Waals surface area contributed by atoms with E-state index in [0.717, 1.165) is 32.4 Å². The number of anilines is 1. The number of nitrogens with zero attached hydrogens (tertiary/aromatic N) is 1. The second-order valence-electron chi connectivity index (χ2n) is 8.71. The van der Waals surface area contributed by atoms with E-state index in [1.807, 2.05) is 4.90 Å². The van der Waals surface area contributed by atoms with Crippen molar-refractivity contribution in [3.63, 3.8) is 0 Å². The predicted octanol–water partition coefficient (Wildman–Crippen LogP) is 4.40. The Labute approximate surface area is 213 Å². The normalized spacial score (nSPS) is 17.4. The summed E-state index contributed by atoms with van der Waals surface area (Å²) < 4.78 is 39.1. The molecule has 0 radical (unpaired) electrons. The predicted molar refractivity (Wildman–Crippen MR) is 138 cm³/mol. The van der Waals surface area contributed by atoms with E-state index in [9.17, 15) is 13.2 Å². The topological polar surface area (TPSA) is 97.0 Å². The summed E-state index contributed by atoms with van der Waals surface area (Å²) in [5.41, 5.74) is 0.522. The molecular weight excluding hydrogens is 490 g/mol. The Balaban J connectivity index is 1.89. The highest BCUT2D eigenvalue weighted by Gasteiger charge is 2.30. The summed E-state index contributed by atoms with van der Waals surface area (Å²) in [5.74, 6) is 0.901. The third-order valence-corrected chi connectivity index (χ3v) is 7.98. The highest BCUT2D eigenvalue weighted by molar-refractivity contribution is 7.92. The summed E-state index contributed by atoms with van der Waals surface area (Å²) in [5, 5.41) is 3.63. The Kier molecular flexibility index (Phi) is 9.27. The SMILES string of the molecule is CCCC(C)C1CNCCCN1C(=O)c1ccc(Cl)c(NS(=O)(=O)c2ccc(OC)c(OC)c2)c1. The van der Waals surface area contributed by atoms with Crippen LogP contribution < -0.4 is 19.5 Å². The quantitative estimate of drug-likeness (QED) is 0.505. The zero-order chi connectivity index (χ0) is 25.6. The molecule has 1 fully saturated rings. The number of hydrogen-bond acceptors (Lipinski definition) is 6. The smallest absolute Gasteiger partial charge is 0.262 e. The van der Waals surface area contributed by atoms with Gasteiger partial charge in [0.2, 0.25) is 0 Å². The zero-order valence-electron chi connectivity index (χ0n) is 20.6. The molecule has 3 rings (SSSR count). The first-order chi connectivity index (χ1) is 16.7. The van der Waals surface area contributed by atoms with Gasteiger partial charge in [-0.25, -0.2) is 8.42 Å². The number of carbonyl (C=O) groups is 1. The molecule has 35 heavy (non-hydrogen) atoms. The molecule has 1 aliphatic heterocycles. The maximum atomic E-state index is 13.6. The maximum Gasteiger partial charge on any atom is 0.262 e. The Morgan fingerprint density at radius 2 is 1.94 bits per heavy atom. The second-order valence-corrected chi connectivity index (χ2v) is 10.8. The minimum absolute atomic E-state index is 0.0185. The van der Waals surface area contributed by atoms with Crippen molar-refractivity contribution in [1.82, 2.24) is 10.2 Å². The molecule has 8 nitrogen and oxygen atoms in total. The number of nitrogens with one attached hydrogen (secondary N) is 2. The average molecular weight is 524 g/mol. The van der Waals surface area contributed by atoms with Crippen LogP contribution in [-0.2, 0) is 10.0 Å². The van der Waals surface area contributed by atoms with Crippen LogP contribution in [-0.4, -0.2) is 59.1 Å². The molecule has 10 heteroatoms. The van der Waals surface area contributed by atoms with Gasteiger partial charge >= 0.3 is 0 Å². The van der Waals surface area contributed by atoms with Gasteiger partial charge in [0.25, 0.3) is 15.9 Å². The van der Waals surface area contributed by atoms with Crippen LogP contribution in [0.25, 0.3) is 0 Å². The number of halogens is 1. The number of amides is 1. The molecule has 2 atom stereocenters. The fraction of sp³-hybridized carbons (Fsp3) is 0.480. The van der Waals surface area contributed by atoms with E-state index in [0.29, 0.717) is 23.8 Å². The van der Waals surface area contributed by atoms with E-state index in [1.165, 1.54) is 38.5 Å². The summed E-state index contributed by atoms with van der Waals surface area (Å²) >= 11 is 6.33. The number of ether oxygens (including phenoxy) is 2. The van der Waals surface area contributed by atoms with Crippen LogP contribution in [0.3, 0.4) is 0 Å². The molecule has 192 valence electrons. The molecule has 1 saturated heterocycles. The van der Waals surface area contributed by atoms with Gasteiger partial charge in [0.1, 0.15) is 0 Å². The van der Waals surface area contributed by atoms with Crippen LogP contribution in [0.2, 0.25) is 5.02 Å². The standard InChI is InChI=1S/C25H34ClN3O5S/c1-5-7-17(2)22-16-27-12-6-13-29(22)25(30)18-8-10-20(26)21(14-18)28-35(31,32)19-9-11-23(33-3)24(15-19)34-4/h8-11,14-15,17,22,27-28H,5-7,12-13,16H2,1-4H3. The fourth-order valence-corrected chi connectivity index (χ4v) is 5.70. The summed E-state index contributed by atoms with van der Waals surface area (Å²) in [4.78, 5) is 15.5. The Hall–Kier alpha value is -2.49. The summed E-state index contributed by atoms with van der Waals surface area (Å²) in [6.45, 7) is 6.55. The lowest BCUT2D eigenvalue weighted by molar-refractivity contribution is 0.0630. The van der Waals surface area contributed by atoms with Crippen molar-refractivity contribution in [2.24, 2.45) is 5.92 Å². The highest BCUT2D eigenvalue weighted by Crippen LogP contribution is 2.32. The third-order valence-electron chi connectivity index (χ3n) is 6.29. The number of sulfonamides is 1. The van der Waals surface area contributed by atoms with Crippen LogP contribution in [0, 0.1) is 5.92 Å². The summed E-state index contributed by atoms with van der Waals surface area (Å²) in [7, 11) is -1.10. The maximum absolute atomic E-state index is 13.6. The van der Waals surface area contributed by atoms with Crippen LogP contribution in [0.15, 0.2) is 41.3 Å². The van der Waals surface area contributed by atoms with Crippen molar-refractivity contribution in [1.29, 1.82) is 0 Å². The minimum Gasteiger partial charge on any atom is -0.493 e. The van der Waals surface area contributed by atoms with Gasteiger partial charge in [-0.2, -0.15) is 0 Å². The largest absolute Gasteiger partial charge is 0.493 e. The third kappa shape index (κ3) is 6.39. The monoisotopic (exact) mass is 523 g/mol. The van der Waals surface area contributed by atoms with Gasteiger partial charge in [-0.05, 0) is 55.6 Å². The van der Waals surface area contributed by atoms with Crippen molar-refractivity contribution < 1.29 is 22.7 Å². The molecule has 0 spiro atoms. The molecule has 0 aromatic heterocycles. The Morgan fingerprint density at radius 3 is 2.63 bits per heavy atom. The van der Waals surface area contributed by atoms with E-state index < -0.39 is 10.0 Å². The molecule has 2 unspecified atom stereocenters. The first-order valence-electron chi connectivity index (χ1n) is 11.8. The van der Waals surface area contributed by atoms with Crippen LogP contribution in [0.4, 0.5) is 5.69 Å². The van der Waals surface area contributed by atoms with Gasteiger partial charge in [0.15, 0.2) is 11.5 Å². The van der Waals surface area contributed by atoms with Crippen LogP contribution in [0.5, 0.6) is 11.5 Å². The van der Waals surface area contributed by atoms with E-state index in [4.69, 9.17) is 21.1 Å². The van der Waals surface area contributed by atoms with Gasteiger partial charge in [0.05, 0.1) is 29.8 Å². The fourth-order valence-electron chi connectivity index (χ4n) is 4.40. The first kappa shape index (κ1) is 27.1. The molecule has 1 heterocycles. The lowest BCUT2D eigenvalue weighted by atomic mass is 9.95.